The summed E-state index contributed by atoms with van der Waals surface area (Å²) in [5.41, 5.74) is 0. The van der Waals surface area contributed by atoms with Gasteiger partial charge in [-0.3, -0.25) is 0 Å². The van der Waals surface area contributed by atoms with E-state index < -0.39 is 8.07 Å². The molecule has 1 aromatic heterocycles. The highest BCUT2D eigenvalue weighted by Gasteiger charge is 2.12. The Balaban J connectivity index is 2.35. The van der Waals surface area contributed by atoms with Gasteiger partial charge in [0.25, 0.3) is 0 Å². The van der Waals surface area contributed by atoms with Crippen LogP contribution in [0.2, 0.25) is 25.7 Å². The van der Waals surface area contributed by atoms with Crippen molar-refractivity contribution >= 4 is 19.4 Å². The van der Waals surface area contributed by atoms with Crippen LogP contribution < -0.4 is 0 Å². The molecule has 1 aromatic rings. The van der Waals surface area contributed by atoms with Crippen LogP contribution in [0.3, 0.4) is 0 Å². The summed E-state index contributed by atoms with van der Waals surface area (Å²) < 4.78 is 0. The standard InChI is InChI=1S/C9H16SSi/c1-11(2,3)8-6-9-5-4-7-10-9/h4-5,7H,6,8H2,1-3H3. The fraction of sp³-hybridized carbons (Fsp3) is 0.556. The number of hydrogen-bond donors (Lipinski definition) is 0. The van der Waals surface area contributed by atoms with Crippen LogP contribution in [0.25, 0.3) is 0 Å². The van der Waals surface area contributed by atoms with E-state index in [4.69, 9.17) is 0 Å². The second kappa shape index (κ2) is 3.54. The number of hydrogen-bond acceptors (Lipinski definition) is 1. The van der Waals surface area contributed by atoms with Crippen molar-refractivity contribution in [3.63, 3.8) is 0 Å². The first-order chi connectivity index (χ1) is 5.08. The molecular formula is C9H16SSi. The van der Waals surface area contributed by atoms with Crippen molar-refractivity contribution in [2.75, 3.05) is 0 Å². The van der Waals surface area contributed by atoms with Gasteiger partial charge in [-0.05, 0) is 17.9 Å². The van der Waals surface area contributed by atoms with Gasteiger partial charge in [-0.25, -0.2) is 0 Å². The van der Waals surface area contributed by atoms with Crippen molar-refractivity contribution in [3.05, 3.63) is 22.4 Å². The van der Waals surface area contributed by atoms with Gasteiger partial charge in [0.05, 0.1) is 0 Å². The summed E-state index contributed by atoms with van der Waals surface area (Å²) in [6, 6.07) is 5.81. The van der Waals surface area contributed by atoms with Crippen molar-refractivity contribution in [2.45, 2.75) is 32.1 Å². The lowest BCUT2D eigenvalue weighted by Gasteiger charge is -2.14. The van der Waals surface area contributed by atoms with Crippen LogP contribution in [0, 0.1) is 0 Å². The molecule has 0 N–H and O–H groups in total. The molecule has 0 aliphatic carbocycles. The predicted octanol–water partition coefficient (Wildman–Crippen LogP) is 3.63. The minimum Gasteiger partial charge on any atom is -0.149 e. The number of thiophene rings is 1. The summed E-state index contributed by atoms with van der Waals surface area (Å²) in [6.45, 7) is 7.29. The molecule has 0 atom stereocenters. The lowest BCUT2D eigenvalue weighted by Crippen LogP contribution is -2.19. The quantitative estimate of drug-likeness (QED) is 0.629. The molecule has 0 aromatic carbocycles. The van der Waals surface area contributed by atoms with Crippen LogP contribution in [0.4, 0.5) is 0 Å². The summed E-state index contributed by atoms with van der Waals surface area (Å²) >= 11 is 1.89. The Kier molecular flexibility index (Phi) is 2.90. The third-order valence-corrected chi connectivity index (χ3v) is 4.39. The third-order valence-electron chi connectivity index (χ3n) is 1.70. The van der Waals surface area contributed by atoms with Gasteiger partial charge in [-0.15, -0.1) is 11.3 Å². The number of aryl methyl sites for hydroxylation is 1. The summed E-state index contributed by atoms with van der Waals surface area (Å²) in [5.74, 6) is 0. The first-order valence-electron chi connectivity index (χ1n) is 4.10. The van der Waals surface area contributed by atoms with Crippen molar-refractivity contribution in [1.82, 2.24) is 0 Å². The summed E-state index contributed by atoms with van der Waals surface area (Å²) in [5, 5.41) is 2.17. The smallest absolute Gasteiger partial charge is 0.0446 e. The Morgan fingerprint density at radius 1 is 1.36 bits per heavy atom. The minimum atomic E-state index is -0.807. The molecule has 0 aliphatic rings. The molecule has 0 radical (unpaired) electrons. The molecule has 0 saturated carbocycles. The van der Waals surface area contributed by atoms with E-state index in [9.17, 15) is 0 Å². The molecule has 1 heterocycles. The monoisotopic (exact) mass is 184 g/mol. The first-order valence-corrected chi connectivity index (χ1v) is 8.69. The van der Waals surface area contributed by atoms with Crippen molar-refractivity contribution in [2.24, 2.45) is 0 Å². The SMILES string of the molecule is C[Si](C)(C)CCc1cccs1. The predicted molar refractivity (Wildman–Crippen MR) is 56.2 cm³/mol. The van der Waals surface area contributed by atoms with Crippen LogP contribution in [0.1, 0.15) is 4.88 Å². The molecular weight excluding hydrogens is 168 g/mol. The van der Waals surface area contributed by atoms with Crippen molar-refractivity contribution < 1.29 is 0 Å². The van der Waals surface area contributed by atoms with E-state index in [1.807, 2.05) is 11.3 Å². The zero-order valence-electron chi connectivity index (χ0n) is 7.55. The molecule has 0 saturated heterocycles. The molecule has 0 spiro atoms. The van der Waals surface area contributed by atoms with Crippen molar-refractivity contribution in [1.29, 1.82) is 0 Å². The van der Waals surface area contributed by atoms with Crippen LogP contribution in [0.15, 0.2) is 17.5 Å². The van der Waals surface area contributed by atoms with Gasteiger partial charge in [0.1, 0.15) is 0 Å². The molecule has 11 heavy (non-hydrogen) atoms. The van der Waals surface area contributed by atoms with Crippen LogP contribution >= 0.6 is 11.3 Å². The fourth-order valence-corrected chi connectivity index (χ4v) is 2.86. The van der Waals surface area contributed by atoms with E-state index in [2.05, 4.69) is 37.2 Å². The molecule has 0 fully saturated rings. The van der Waals surface area contributed by atoms with Gasteiger partial charge < -0.3 is 0 Å². The summed E-state index contributed by atoms with van der Waals surface area (Å²) in [7, 11) is -0.807. The molecule has 0 amide bonds. The molecule has 0 aliphatic heterocycles. The molecule has 2 heteroatoms. The first kappa shape index (κ1) is 9.01. The van der Waals surface area contributed by atoms with Gasteiger partial charge in [0.2, 0.25) is 0 Å². The molecule has 0 bridgehead atoms. The second-order valence-corrected chi connectivity index (χ2v) is 10.8. The zero-order valence-corrected chi connectivity index (χ0v) is 9.37. The second-order valence-electron chi connectivity index (χ2n) is 4.14. The molecule has 0 unspecified atom stereocenters. The molecule has 1 rings (SSSR count). The lowest BCUT2D eigenvalue weighted by molar-refractivity contribution is 1.13. The van der Waals surface area contributed by atoms with Crippen molar-refractivity contribution in [3.8, 4) is 0 Å². The summed E-state index contributed by atoms with van der Waals surface area (Å²) in [4.78, 5) is 1.55. The van der Waals surface area contributed by atoms with Crippen LogP contribution in [-0.4, -0.2) is 8.07 Å². The van der Waals surface area contributed by atoms with Crippen LogP contribution in [-0.2, 0) is 6.42 Å². The Labute approximate surface area is 74.3 Å². The van der Waals surface area contributed by atoms with E-state index in [-0.39, 0.29) is 0 Å². The molecule has 62 valence electrons. The van der Waals surface area contributed by atoms with Gasteiger partial charge in [-0.1, -0.05) is 31.8 Å². The largest absolute Gasteiger partial charge is 0.149 e. The number of rotatable bonds is 3. The van der Waals surface area contributed by atoms with E-state index in [0.29, 0.717) is 0 Å². The van der Waals surface area contributed by atoms with E-state index in [1.165, 1.54) is 12.5 Å². The van der Waals surface area contributed by atoms with Crippen LogP contribution in [0.5, 0.6) is 0 Å². The Hall–Kier alpha value is -0.0831. The van der Waals surface area contributed by atoms with E-state index >= 15 is 0 Å². The Bertz CT molecular complexity index is 196. The molecule has 0 nitrogen and oxygen atoms in total. The Morgan fingerprint density at radius 2 is 2.09 bits per heavy atom. The topological polar surface area (TPSA) is 0 Å². The van der Waals surface area contributed by atoms with Gasteiger partial charge >= 0.3 is 0 Å². The van der Waals surface area contributed by atoms with Gasteiger partial charge in [-0.2, -0.15) is 0 Å². The van der Waals surface area contributed by atoms with E-state index in [0.717, 1.165) is 0 Å². The highest BCUT2D eigenvalue weighted by molar-refractivity contribution is 7.09. The van der Waals surface area contributed by atoms with Gasteiger partial charge in [0, 0.05) is 13.0 Å². The normalized spacial score (nSPS) is 11.9. The lowest BCUT2D eigenvalue weighted by atomic mass is 10.4. The van der Waals surface area contributed by atoms with E-state index in [1.54, 1.807) is 4.88 Å². The highest BCUT2D eigenvalue weighted by atomic mass is 32.1. The maximum Gasteiger partial charge on any atom is 0.0446 e. The average molecular weight is 184 g/mol. The Morgan fingerprint density at radius 3 is 2.55 bits per heavy atom. The summed E-state index contributed by atoms with van der Waals surface area (Å²) in [6.07, 6.45) is 1.30. The third kappa shape index (κ3) is 3.73. The maximum atomic E-state index is 2.43. The maximum absolute atomic E-state index is 2.43. The minimum absolute atomic E-state index is 0.807. The highest BCUT2D eigenvalue weighted by Crippen LogP contribution is 2.16. The zero-order chi connectivity index (χ0) is 8.32. The average Bonchev–Trinajstić information content (AvgIpc) is 2.32. The fourth-order valence-electron chi connectivity index (χ4n) is 0.953. The van der Waals surface area contributed by atoms with Gasteiger partial charge in [0.15, 0.2) is 0 Å².